The molecule has 0 radical (unpaired) electrons. The number of unbranched alkanes of at least 4 members (excludes halogenated alkanes) is 2. The molecular formula is C21H29FN2O3. The maximum absolute atomic E-state index is 12.1. The van der Waals surface area contributed by atoms with Crippen molar-refractivity contribution in [3.05, 3.63) is 23.5 Å². The van der Waals surface area contributed by atoms with Crippen LogP contribution in [0.1, 0.15) is 57.7 Å². The highest BCUT2D eigenvalue weighted by Gasteiger charge is 2.56. The lowest BCUT2D eigenvalue weighted by molar-refractivity contribution is -0.0962. The van der Waals surface area contributed by atoms with Crippen LogP contribution in [0, 0.1) is 24.2 Å². The number of nitrogens with zero attached hydrogens (tertiary/aromatic N) is 2. The largest absolute Gasteiger partial charge is 0.489 e. The lowest BCUT2D eigenvalue weighted by Crippen LogP contribution is -2.70. The zero-order valence-electron chi connectivity index (χ0n) is 16.6. The number of hydrogen-bond donors (Lipinski definition) is 1. The Morgan fingerprint density at radius 2 is 2.19 bits per heavy atom. The van der Waals surface area contributed by atoms with Gasteiger partial charge in [0.05, 0.1) is 17.9 Å². The maximum Gasteiger partial charge on any atom is 0.407 e. The van der Waals surface area contributed by atoms with Crippen LogP contribution in [0.5, 0.6) is 5.75 Å². The molecule has 1 aliphatic rings. The van der Waals surface area contributed by atoms with Gasteiger partial charge in [-0.15, -0.1) is 0 Å². The number of aryl methyl sites for hydroxylation is 1. The molecule has 1 N–H and O–H groups in total. The summed E-state index contributed by atoms with van der Waals surface area (Å²) in [4.78, 5) is 17.4. The molecule has 0 saturated carbocycles. The van der Waals surface area contributed by atoms with Gasteiger partial charge >= 0.3 is 6.09 Å². The molecule has 0 unspecified atom stereocenters. The number of halogens is 1. The Labute approximate surface area is 160 Å². The Balaban J connectivity index is 2.12. The first-order chi connectivity index (χ1) is 12.7. The molecule has 2 rings (SSSR count). The van der Waals surface area contributed by atoms with Crippen molar-refractivity contribution in [2.75, 3.05) is 19.8 Å². The van der Waals surface area contributed by atoms with E-state index in [1.165, 1.54) is 4.90 Å². The van der Waals surface area contributed by atoms with Crippen molar-refractivity contribution in [1.29, 1.82) is 0 Å². The number of pyridine rings is 1. The van der Waals surface area contributed by atoms with Gasteiger partial charge < -0.3 is 9.84 Å². The van der Waals surface area contributed by atoms with Crippen molar-refractivity contribution in [3.63, 3.8) is 0 Å². The second kappa shape index (κ2) is 8.60. The van der Waals surface area contributed by atoms with Gasteiger partial charge in [-0.25, -0.2) is 4.79 Å². The number of likely N-dealkylation sites (tertiary alicyclic amines) is 1. The van der Waals surface area contributed by atoms with Gasteiger partial charge in [0, 0.05) is 24.7 Å². The molecule has 1 aromatic heterocycles. The number of rotatable bonds is 6. The molecule has 148 valence electrons. The van der Waals surface area contributed by atoms with Crippen LogP contribution < -0.4 is 4.74 Å². The Kier molecular flexibility index (Phi) is 6.69. The maximum atomic E-state index is 12.1. The molecule has 0 aliphatic carbocycles. The third kappa shape index (κ3) is 4.71. The minimum Gasteiger partial charge on any atom is -0.489 e. The van der Waals surface area contributed by atoms with Crippen molar-refractivity contribution in [2.24, 2.45) is 5.41 Å². The average Bonchev–Trinajstić information content (AvgIpc) is 2.54. The summed E-state index contributed by atoms with van der Waals surface area (Å²) in [6.45, 7) is 8.46. The van der Waals surface area contributed by atoms with Gasteiger partial charge in [-0.1, -0.05) is 32.6 Å². The summed E-state index contributed by atoms with van der Waals surface area (Å²) < 4.78 is 18.2. The predicted octanol–water partition coefficient (Wildman–Crippen LogP) is 4.43. The van der Waals surface area contributed by atoms with Crippen LogP contribution >= 0.6 is 0 Å². The first-order valence-electron chi connectivity index (χ1n) is 9.36. The van der Waals surface area contributed by atoms with Gasteiger partial charge in [0.2, 0.25) is 0 Å². The van der Waals surface area contributed by atoms with E-state index in [1.54, 1.807) is 6.20 Å². The van der Waals surface area contributed by atoms with Crippen LogP contribution in [-0.2, 0) is 0 Å². The summed E-state index contributed by atoms with van der Waals surface area (Å²) in [5.74, 6) is 6.68. The van der Waals surface area contributed by atoms with E-state index < -0.39 is 11.6 Å². The molecule has 27 heavy (non-hydrogen) atoms. The van der Waals surface area contributed by atoms with E-state index in [0.29, 0.717) is 25.1 Å². The second-order valence-corrected chi connectivity index (χ2v) is 8.01. The molecule has 5 nitrogen and oxygen atoms in total. The molecule has 1 amide bonds. The average molecular weight is 376 g/mol. The number of aromatic nitrogens is 1. The van der Waals surface area contributed by atoms with Crippen molar-refractivity contribution in [2.45, 2.75) is 58.9 Å². The molecular weight excluding hydrogens is 347 g/mol. The molecule has 1 atom stereocenters. The van der Waals surface area contributed by atoms with Crippen molar-refractivity contribution >= 4 is 6.09 Å². The van der Waals surface area contributed by atoms with E-state index in [2.05, 4.69) is 16.8 Å². The second-order valence-electron chi connectivity index (χ2n) is 8.01. The Morgan fingerprint density at radius 1 is 1.44 bits per heavy atom. The molecule has 0 aromatic carbocycles. The summed E-state index contributed by atoms with van der Waals surface area (Å²) in [5.41, 5.74) is 0.672. The number of carboxylic acid groups (broad SMARTS) is 1. The minimum atomic E-state index is -0.914. The van der Waals surface area contributed by atoms with Crippen molar-refractivity contribution in [3.8, 4) is 17.6 Å². The van der Waals surface area contributed by atoms with Crippen LogP contribution in [0.2, 0.25) is 0 Å². The number of amides is 1. The van der Waals surface area contributed by atoms with E-state index >= 15 is 0 Å². The fourth-order valence-electron chi connectivity index (χ4n) is 3.32. The first-order valence-corrected chi connectivity index (χ1v) is 9.36. The predicted molar refractivity (Wildman–Crippen MR) is 103 cm³/mol. The molecule has 2 heterocycles. The smallest absolute Gasteiger partial charge is 0.407 e. The number of alkyl halides is 1. The monoisotopic (exact) mass is 376 g/mol. The van der Waals surface area contributed by atoms with E-state index in [4.69, 9.17) is 4.74 Å². The summed E-state index contributed by atoms with van der Waals surface area (Å²) >= 11 is 0. The van der Waals surface area contributed by atoms with E-state index in [0.717, 1.165) is 24.1 Å². The Morgan fingerprint density at radius 3 is 2.74 bits per heavy atom. The quantitative estimate of drug-likeness (QED) is 0.589. The fraction of sp³-hybridized carbons (Fsp3) is 0.619. The summed E-state index contributed by atoms with van der Waals surface area (Å²) in [5, 5.41) is 9.50. The van der Waals surface area contributed by atoms with Crippen LogP contribution in [0.15, 0.2) is 12.3 Å². The molecule has 1 saturated heterocycles. The fourth-order valence-corrected chi connectivity index (χ4v) is 3.32. The number of carbonyl (C=O) groups is 1. The van der Waals surface area contributed by atoms with Gasteiger partial charge in [0.15, 0.2) is 0 Å². The van der Waals surface area contributed by atoms with E-state index in [1.807, 2.05) is 33.8 Å². The Bertz CT molecular complexity index is 733. The minimum absolute atomic E-state index is 0.251. The zero-order valence-corrected chi connectivity index (χ0v) is 16.6. The lowest BCUT2D eigenvalue weighted by Gasteiger charge is -2.58. The van der Waals surface area contributed by atoms with Gasteiger partial charge in [0.1, 0.15) is 12.4 Å². The SMILES string of the molecule is Cc1ncc(C#CCCCCF)cc1OC[C@@]1(C(C)(C)C)CCN1C(=O)O. The number of hydrogen-bond acceptors (Lipinski definition) is 3. The van der Waals surface area contributed by atoms with E-state index in [-0.39, 0.29) is 18.7 Å². The Hall–Kier alpha value is -2.29. The van der Waals surface area contributed by atoms with Crippen LogP contribution in [-0.4, -0.2) is 46.4 Å². The summed E-state index contributed by atoms with van der Waals surface area (Å²) in [7, 11) is 0. The van der Waals surface area contributed by atoms with Crippen LogP contribution in [0.3, 0.4) is 0 Å². The normalized spacial score (nSPS) is 19.1. The molecule has 1 aliphatic heterocycles. The third-order valence-electron chi connectivity index (χ3n) is 5.32. The van der Waals surface area contributed by atoms with Crippen LogP contribution in [0.4, 0.5) is 9.18 Å². The summed E-state index contributed by atoms with van der Waals surface area (Å²) in [6.07, 6.45) is 3.46. The molecule has 0 bridgehead atoms. The molecule has 1 fully saturated rings. The highest BCUT2D eigenvalue weighted by Crippen LogP contribution is 2.45. The number of ether oxygens (including phenoxy) is 1. The van der Waals surface area contributed by atoms with Gasteiger partial charge in [0.25, 0.3) is 0 Å². The lowest BCUT2D eigenvalue weighted by atomic mass is 9.66. The molecule has 6 heteroatoms. The van der Waals surface area contributed by atoms with Crippen LogP contribution in [0.25, 0.3) is 0 Å². The third-order valence-corrected chi connectivity index (χ3v) is 5.32. The highest BCUT2D eigenvalue weighted by atomic mass is 19.1. The standard InChI is InChI=1S/C21H29FN2O3/c1-16-18(13-17(14-23-16)9-7-5-6-8-11-22)27-15-21(20(2,3)4)10-12-24(21)19(25)26/h13-14H,5-6,8,10-12,15H2,1-4H3,(H,25,26)/t21-/m1/s1. The summed E-state index contributed by atoms with van der Waals surface area (Å²) in [6, 6.07) is 1.84. The topological polar surface area (TPSA) is 62.7 Å². The van der Waals surface area contributed by atoms with Gasteiger partial charge in [-0.05, 0) is 37.7 Å². The van der Waals surface area contributed by atoms with Crippen molar-refractivity contribution < 1.29 is 19.0 Å². The van der Waals surface area contributed by atoms with Gasteiger partial charge in [-0.2, -0.15) is 0 Å². The highest BCUT2D eigenvalue weighted by molar-refractivity contribution is 5.68. The van der Waals surface area contributed by atoms with Gasteiger partial charge in [-0.3, -0.25) is 14.3 Å². The molecule has 0 spiro atoms. The zero-order chi connectivity index (χ0) is 20.1. The van der Waals surface area contributed by atoms with Crippen molar-refractivity contribution in [1.82, 2.24) is 9.88 Å². The first kappa shape index (κ1) is 21.0. The van der Waals surface area contributed by atoms with E-state index in [9.17, 15) is 14.3 Å². The molecule has 1 aromatic rings.